The first-order valence-corrected chi connectivity index (χ1v) is 7.55. The molecule has 1 aromatic heterocycles. The highest BCUT2D eigenvalue weighted by atomic mass is 19.3. The highest BCUT2D eigenvalue weighted by molar-refractivity contribution is 5.94. The van der Waals surface area contributed by atoms with Crippen molar-refractivity contribution in [1.29, 1.82) is 0 Å². The van der Waals surface area contributed by atoms with Gasteiger partial charge in [0, 0.05) is 18.8 Å². The predicted octanol–water partition coefficient (Wildman–Crippen LogP) is 2.36. The predicted molar refractivity (Wildman–Crippen MR) is 78.4 cm³/mol. The molecule has 0 radical (unpaired) electrons. The molecule has 1 amide bonds. The molecular weight excluding hydrogens is 330 g/mol. The molecule has 0 saturated heterocycles. The van der Waals surface area contributed by atoms with E-state index in [0.717, 1.165) is 31.9 Å². The van der Waals surface area contributed by atoms with Crippen molar-refractivity contribution in [3.05, 3.63) is 23.9 Å². The number of carbonyl (C=O) groups is 1. The highest BCUT2D eigenvalue weighted by Crippen LogP contribution is 2.29. The van der Waals surface area contributed by atoms with Crippen LogP contribution in [-0.2, 0) is 0 Å². The molecule has 5 nitrogen and oxygen atoms in total. The fourth-order valence-corrected chi connectivity index (χ4v) is 2.58. The molecule has 1 heterocycles. The van der Waals surface area contributed by atoms with Gasteiger partial charge < -0.3 is 15.8 Å². The van der Waals surface area contributed by atoms with Gasteiger partial charge in [0.2, 0.25) is 5.88 Å². The molecule has 9 heteroatoms. The molecule has 1 aliphatic rings. The molecule has 1 saturated carbocycles. The third kappa shape index (κ3) is 4.34. The first-order chi connectivity index (χ1) is 11.3. The molecule has 3 N–H and O–H groups in total. The summed E-state index contributed by atoms with van der Waals surface area (Å²) in [6.45, 7) is -1.16. The molecule has 2 rings (SSSR count). The first kappa shape index (κ1) is 18.4. The SMILES string of the molecule is NCC1(NC(=O)c2ccc(OCC(F)(F)C(F)F)nc2)CCCC1. The maximum atomic E-state index is 12.8. The van der Waals surface area contributed by atoms with Gasteiger partial charge in [-0.1, -0.05) is 12.8 Å². The lowest BCUT2D eigenvalue weighted by Gasteiger charge is -2.28. The standard InChI is InChI=1S/C15H19F4N3O2/c16-13(17)15(18,19)9-24-11-4-3-10(7-21-11)12(23)22-14(8-20)5-1-2-6-14/h3-4,7,13H,1-2,5-6,8-9,20H2,(H,22,23). The lowest BCUT2D eigenvalue weighted by atomic mass is 9.97. The number of alkyl halides is 4. The van der Waals surface area contributed by atoms with E-state index >= 15 is 0 Å². The number of nitrogens with zero attached hydrogens (tertiary/aromatic N) is 1. The van der Waals surface area contributed by atoms with Crippen LogP contribution in [0.5, 0.6) is 5.88 Å². The van der Waals surface area contributed by atoms with Gasteiger partial charge in [0.15, 0.2) is 6.61 Å². The Bertz CT molecular complexity index is 560. The summed E-state index contributed by atoms with van der Waals surface area (Å²) >= 11 is 0. The number of ether oxygens (including phenoxy) is 1. The molecule has 0 unspecified atom stereocenters. The smallest absolute Gasteiger partial charge is 0.340 e. The lowest BCUT2D eigenvalue weighted by Crippen LogP contribution is -2.51. The van der Waals surface area contributed by atoms with Crippen molar-refractivity contribution in [2.75, 3.05) is 13.2 Å². The highest BCUT2D eigenvalue weighted by Gasteiger charge is 2.41. The van der Waals surface area contributed by atoms with Crippen LogP contribution in [0.25, 0.3) is 0 Å². The Morgan fingerprint density at radius 3 is 2.54 bits per heavy atom. The van der Waals surface area contributed by atoms with Crippen LogP contribution in [0.2, 0.25) is 0 Å². The van der Waals surface area contributed by atoms with Crippen LogP contribution in [-0.4, -0.2) is 41.9 Å². The molecule has 1 aliphatic carbocycles. The summed E-state index contributed by atoms with van der Waals surface area (Å²) in [4.78, 5) is 15.9. The monoisotopic (exact) mass is 349 g/mol. The Morgan fingerprint density at radius 2 is 2.04 bits per heavy atom. The number of carbonyl (C=O) groups excluding carboxylic acids is 1. The number of hydrogen-bond donors (Lipinski definition) is 2. The normalized spacial score (nSPS) is 17.1. The van der Waals surface area contributed by atoms with Crippen molar-refractivity contribution >= 4 is 5.91 Å². The van der Waals surface area contributed by atoms with Gasteiger partial charge in [0.25, 0.3) is 5.91 Å². The average Bonchev–Trinajstić information content (AvgIpc) is 3.02. The summed E-state index contributed by atoms with van der Waals surface area (Å²) in [6, 6.07) is 2.51. The molecule has 24 heavy (non-hydrogen) atoms. The maximum Gasteiger partial charge on any atom is 0.340 e. The van der Waals surface area contributed by atoms with E-state index in [9.17, 15) is 22.4 Å². The van der Waals surface area contributed by atoms with Crippen molar-refractivity contribution in [1.82, 2.24) is 10.3 Å². The minimum absolute atomic E-state index is 0.211. The van der Waals surface area contributed by atoms with Crippen LogP contribution in [0.3, 0.4) is 0 Å². The third-order valence-electron chi connectivity index (χ3n) is 4.06. The Hall–Kier alpha value is -1.90. The van der Waals surface area contributed by atoms with Crippen LogP contribution in [0.15, 0.2) is 18.3 Å². The summed E-state index contributed by atoms with van der Waals surface area (Å²) in [6.07, 6.45) is 0.895. The molecule has 0 atom stereocenters. The van der Waals surface area contributed by atoms with E-state index in [4.69, 9.17) is 5.73 Å². The zero-order chi connectivity index (χ0) is 17.8. The maximum absolute atomic E-state index is 12.8. The quantitative estimate of drug-likeness (QED) is 0.741. The van der Waals surface area contributed by atoms with Crippen molar-refractivity contribution in [3.8, 4) is 5.88 Å². The van der Waals surface area contributed by atoms with Gasteiger partial charge in [-0.15, -0.1) is 0 Å². The first-order valence-electron chi connectivity index (χ1n) is 7.55. The number of nitrogens with one attached hydrogen (secondary N) is 1. The molecule has 1 fully saturated rings. The van der Waals surface area contributed by atoms with Crippen molar-refractivity contribution in [2.45, 2.75) is 43.6 Å². The Balaban J connectivity index is 1.95. The fraction of sp³-hybridized carbons (Fsp3) is 0.600. The topological polar surface area (TPSA) is 77.2 Å². The van der Waals surface area contributed by atoms with Crippen LogP contribution in [0.4, 0.5) is 17.6 Å². The minimum atomic E-state index is -4.26. The number of hydrogen-bond acceptors (Lipinski definition) is 4. The molecule has 134 valence electrons. The molecule has 0 aromatic carbocycles. The molecule has 0 aliphatic heterocycles. The van der Waals surface area contributed by atoms with Crippen LogP contribution in [0.1, 0.15) is 36.0 Å². The number of rotatable bonds is 7. The summed E-state index contributed by atoms with van der Waals surface area (Å²) in [7, 11) is 0. The Labute approximate surface area is 136 Å². The number of halogens is 4. The lowest BCUT2D eigenvalue weighted by molar-refractivity contribution is -0.148. The van der Waals surface area contributed by atoms with E-state index in [1.165, 1.54) is 12.1 Å². The largest absolute Gasteiger partial charge is 0.471 e. The summed E-state index contributed by atoms with van der Waals surface area (Å²) in [5.41, 5.74) is 5.53. The molecule has 1 aromatic rings. The fourth-order valence-electron chi connectivity index (χ4n) is 2.58. The minimum Gasteiger partial charge on any atom is -0.471 e. The Morgan fingerprint density at radius 1 is 1.38 bits per heavy atom. The average molecular weight is 349 g/mol. The van der Waals surface area contributed by atoms with E-state index < -0.39 is 24.5 Å². The van der Waals surface area contributed by atoms with Gasteiger partial charge in [-0.3, -0.25) is 4.79 Å². The van der Waals surface area contributed by atoms with Crippen molar-refractivity contribution in [3.63, 3.8) is 0 Å². The molecule has 0 spiro atoms. The van der Waals surface area contributed by atoms with Crippen LogP contribution in [0, 0.1) is 0 Å². The van der Waals surface area contributed by atoms with Gasteiger partial charge >= 0.3 is 12.3 Å². The van der Waals surface area contributed by atoms with E-state index in [0.29, 0.717) is 6.54 Å². The summed E-state index contributed by atoms with van der Waals surface area (Å²) in [5, 5.41) is 2.89. The second kappa shape index (κ2) is 7.33. The van der Waals surface area contributed by atoms with E-state index in [2.05, 4.69) is 15.0 Å². The number of nitrogens with two attached hydrogens (primary N) is 1. The third-order valence-corrected chi connectivity index (χ3v) is 4.06. The number of pyridine rings is 1. The zero-order valence-electron chi connectivity index (χ0n) is 12.9. The van der Waals surface area contributed by atoms with Crippen molar-refractivity contribution in [2.24, 2.45) is 5.73 Å². The van der Waals surface area contributed by atoms with Crippen LogP contribution >= 0.6 is 0 Å². The van der Waals surface area contributed by atoms with Crippen molar-refractivity contribution < 1.29 is 27.1 Å². The van der Waals surface area contributed by atoms with Gasteiger partial charge in [0.1, 0.15) is 0 Å². The molecule has 0 bridgehead atoms. The van der Waals surface area contributed by atoms with Gasteiger partial charge in [-0.05, 0) is 18.9 Å². The van der Waals surface area contributed by atoms with Gasteiger partial charge in [-0.2, -0.15) is 8.78 Å². The molecular formula is C15H19F4N3O2. The Kier molecular flexibility index (Phi) is 5.63. The van der Waals surface area contributed by atoms with E-state index in [-0.39, 0.29) is 17.4 Å². The second-order valence-electron chi connectivity index (χ2n) is 5.88. The second-order valence-corrected chi connectivity index (χ2v) is 5.88. The summed E-state index contributed by atoms with van der Waals surface area (Å²) < 4.78 is 54.2. The number of amides is 1. The van der Waals surface area contributed by atoms with Gasteiger partial charge in [-0.25, -0.2) is 13.8 Å². The van der Waals surface area contributed by atoms with E-state index in [1.807, 2.05) is 0 Å². The zero-order valence-corrected chi connectivity index (χ0v) is 12.9. The van der Waals surface area contributed by atoms with Gasteiger partial charge in [0.05, 0.1) is 11.1 Å². The number of aromatic nitrogens is 1. The summed E-state index contributed by atoms with van der Waals surface area (Å²) in [5.74, 6) is -4.89. The van der Waals surface area contributed by atoms with E-state index in [1.54, 1.807) is 0 Å². The van der Waals surface area contributed by atoms with Crippen LogP contribution < -0.4 is 15.8 Å².